The first kappa shape index (κ1) is 15.3. The fourth-order valence-corrected chi connectivity index (χ4v) is 1.78. The number of nitrogens with zero attached hydrogens (tertiary/aromatic N) is 1. The highest BCUT2D eigenvalue weighted by molar-refractivity contribution is 5.79. The first-order valence-corrected chi connectivity index (χ1v) is 5.49. The summed E-state index contributed by atoms with van der Waals surface area (Å²) in [5.74, 6) is -2.41. The molecule has 0 heterocycles. The molecule has 7 heteroatoms. The summed E-state index contributed by atoms with van der Waals surface area (Å²) >= 11 is 0. The summed E-state index contributed by atoms with van der Waals surface area (Å²) in [5, 5.41) is 9.05. The predicted octanol–water partition coefficient (Wildman–Crippen LogP) is 1.90. The van der Waals surface area contributed by atoms with Crippen LogP contribution < -0.4 is 10.6 Å². The minimum absolute atomic E-state index is 0.0647. The molecule has 0 amide bonds. The van der Waals surface area contributed by atoms with Gasteiger partial charge < -0.3 is 15.7 Å². The lowest BCUT2D eigenvalue weighted by Gasteiger charge is -2.22. The summed E-state index contributed by atoms with van der Waals surface area (Å²) in [4.78, 5) is 12.6. The SMILES string of the molecule is CN(C)c1ccc(C(F)(F)F)cc1C(CN)C(=O)O. The van der Waals surface area contributed by atoms with Crippen molar-refractivity contribution in [1.82, 2.24) is 0 Å². The van der Waals surface area contributed by atoms with Crippen LogP contribution in [0.3, 0.4) is 0 Å². The molecule has 106 valence electrons. The predicted molar refractivity (Wildman–Crippen MR) is 65.2 cm³/mol. The van der Waals surface area contributed by atoms with Crippen LogP contribution in [0.5, 0.6) is 0 Å². The highest BCUT2D eigenvalue weighted by Crippen LogP contribution is 2.35. The van der Waals surface area contributed by atoms with E-state index < -0.39 is 23.6 Å². The van der Waals surface area contributed by atoms with Crippen LogP contribution in [-0.4, -0.2) is 31.7 Å². The van der Waals surface area contributed by atoms with E-state index in [4.69, 9.17) is 10.8 Å². The number of benzene rings is 1. The molecule has 0 fully saturated rings. The molecule has 1 rings (SSSR count). The van der Waals surface area contributed by atoms with Crippen LogP contribution in [0.4, 0.5) is 18.9 Å². The summed E-state index contributed by atoms with van der Waals surface area (Å²) in [5.41, 5.74) is 4.94. The van der Waals surface area contributed by atoms with Crippen LogP contribution in [0, 0.1) is 0 Å². The molecule has 0 saturated carbocycles. The van der Waals surface area contributed by atoms with Crippen molar-refractivity contribution in [3.63, 3.8) is 0 Å². The van der Waals surface area contributed by atoms with Crippen LogP contribution in [-0.2, 0) is 11.0 Å². The second-order valence-electron chi connectivity index (χ2n) is 4.29. The Balaban J connectivity index is 3.42. The van der Waals surface area contributed by atoms with E-state index in [0.717, 1.165) is 12.1 Å². The molecule has 1 unspecified atom stereocenters. The fourth-order valence-electron chi connectivity index (χ4n) is 1.78. The van der Waals surface area contributed by atoms with Gasteiger partial charge in [-0.05, 0) is 23.8 Å². The van der Waals surface area contributed by atoms with Crippen molar-refractivity contribution >= 4 is 11.7 Å². The second kappa shape index (κ2) is 5.48. The van der Waals surface area contributed by atoms with Crippen LogP contribution >= 0.6 is 0 Å². The largest absolute Gasteiger partial charge is 0.481 e. The van der Waals surface area contributed by atoms with Gasteiger partial charge in [-0.2, -0.15) is 13.2 Å². The van der Waals surface area contributed by atoms with Gasteiger partial charge in [0.2, 0.25) is 0 Å². The second-order valence-corrected chi connectivity index (χ2v) is 4.29. The van der Waals surface area contributed by atoms with Crippen molar-refractivity contribution < 1.29 is 23.1 Å². The van der Waals surface area contributed by atoms with E-state index in [1.54, 1.807) is 19.0 Å². The molecule has 0 radical (unpaired) electrons. The molecule has 0 aliphatic carbocycles. The molecule has 0 aliphatic rings. The van der Waals surface area contributed by atoms with Gasteiger partial charge in [-0.15, -0.1) is 0 Å². The van der Waals surface area contributed by atoms with E-state index >= 15 is 0 Å². The van der Waals surface area contributed by atoms with Gasteiger partial charge in [0.25, 0.3) is 0 Å². The average molecular weight is 276 g/mol. The molecule has 3 N–H and O–H groups in total. The molecule has 1 atom stereocenters. The molecule has 0 aliphatic heterocycles. The van der Waals surface area contributed by atoms with Crippen molar-refractivity contribution in [2.75, 3.05) is 25.5 Å². The maximum absolute atomic E-state index is 12.7. The first-order valence-electron chi connectivity index (χ1n) is 5.49. The average Bonchev–Trinajstić information content (AvgIpc) is 2.27. The number of aliphatic carboxylic acids is 1. The van der Waals surface area contributed by atoms with E-state index in [0.29, 0.717) is 5.69 Å². The zero-order valence-electron chi connectivity index (χ0n) is 10.5. The molecule has 0 bridgehead atoms. The Morgan fingerprint density at radius 3 is 2.37 bits per heavy atom. The molecule has 19 heavy (non-hydrogen) atoms. The lowest BCUT2D eigenvalue weighted by Crippen LogP contribution is -2.24. The number of nitrogens with two attached hydrogens (primary N) is 1. The summed E-state index contributed by atoms with van der Waals surface area (Å²) < 4.78 is 38.0. The number of carboxylic acid groups (broad SMARTS) is 1. The van der Waals surface area contributed by atoms with Gasteiger partial charge in [0.15, 0.2) is 0 Å². The standard InChI is InChI=1S/C12H15F3N2O2/c1-17(2)10-4-3-7(12(13,14)15)5-8(10)9(6-16)11(18)19/h3-5,9H,6,16H2,1-2H3,(H,18,19). The lowest BCUT2D eigenvalue weighted by molar-refractivity contribution is -0.140. The third-order valence-corrected chi connectivity index (χ3v) is 2.75. The Labute approximate surface area is 108 Å². The van der Waals surface area contributed by atoms with Gasteiger partial charge in [0, 0.05) is 26.3 Å². The van der Waals surface area contributed by atoms with Gasteiger partial charge in [-0.1, -0.05) is 0 Å². The van der Waals surface area contributed by atoms with Crippen molar-refractivity contribution in [3.8, 4) is 0 Å². The Hall–Kier alpha value is -1.76. The Bertz CT molecular complexity index is 473. The summed E-state index contributed by atoms with van der Waals surface area (Å²) in [6.07, 6.45) is -4.52. The number of hydrogen-bond donors (Lipinski definition) is 2. The van der Waals surface area contributed by atoms with Crippen LogP contribution in [0.1, 0.15) is 17.0 Å². The number of carboxylic acids is 1. The molecule has 0 aromatic heterocycles. The Kier molecular flexibility index (Phi) is 4.41. The fraction of sp³-hybridized carbons (Fsp3) is 0.417. The molecular weight excluding hydrogens is 261 g/mol. The van der Waals surface area contributed by atoms with Crippen LogP contribution in [0.15, 0.2) is 18.2 Å². The van der Waals surface area contributed by atoms with E-state index in [-0.39, 0.29) is 12.1 Å². The monoisotopic (exact) mass is 276 g/mol. The minimum Gasteiger partial charge on any atom is -0.481 e. The zero-order valence-corrected chi connectivity index (χ0v) is 10.5. The van der Waals surface area contributed by atoms with E-state index in [1.165, 1.54) is 6.07 Å². The maximum atomic E-state index is 12.7. The van der Waals surface area contributed by atoms with Gasteiger partial charge in [0.1, 0.15) is 0 Å². The molecule has 1 aromatic rings. The minimum atomic E-state index is -4.52. The molecule has 0 saturated heterocycles. The van der Waals surface area contributed by atoms with Crippen molar-refractivity contribution in [3.05, 3.63) is 29.3 Å². The first-order chi connectivity index (χ1) is 8.68. The lowest BCUT2D eigenvalue weighted by atomic mass is 9.95. The normalized spacial score (nSPS) is 13.2. The third-order valence-electron chi connectivity index (χ3n) is 2.75. The molecular formula is C12H15F3N2O2. The van der Waals surface area contributed by atoms with Crippen LogP contribution in [0.2, 0.25) is 0 Å². The van der Waals surface area contributed by atoms with E-state index in [9.17, 15) is 18.0 Å². The summed E-state index contributed by atoms with van der Waals surface area (Å²) in [6.45, 7) is -0.266. The quantitative estimate of drug-likeness (QED) is 0.881. The van der Waals surface area contributed by atoms with Crippen molar-refractivity contribution in [1.29, 1.82) is 0 Å². The number of alkyl halides is 3. The number of anilines is 1. The highest BCUT2D eigenvalue weighted by Gasteiger charge is 2.33. The number of carbonyl (C=O) groups is 1. The van der Waals surface area contributed by atoms with Gasteiger partial charge >= 0.3 is 12.1 Å². The maximum Gasteiger partial charge on any atom is 0.416 e. The van der Waals surface area contributed by atoms with Crippen molar-refractivity contribution in [2.45, 2.75) is 12.1 Å². The summed E-state index contributed by atoms with van der Waals surface area (Å²) in [6, 6.07) is 3.03. The van der Waals surface area contributed by atoms with Gasteiger partial charge in [0.05, 0.1) is 11.5 Å². The van der Waals surface area contributed by atoms with Gasteiger partial charge in [-0.25, -0.2) is 0 Å². The smallest absolute Gasteiger partial charge is 0.416 e. The zero-order chi connectivity index (χ0) is 14.8. The Morgan fingerprint density at radius 2 is 2.00 bits per heavy atom. The van der Waals surface area contributed by atoms with Gasteiger partial charge in [-0.3, -0.25) is 4.79 Å². The summed E-state index contributed by atoms with van der Waals surface area (Å²) in [7, 11) is 3.25. The number of hydrogen-bond acceptors (Lipinski definition) is 3. The molecule has 0 spiro atoms. The Morgan fingerprint density at radius 1 is 1.42 bits per heavy atom. The van der Waals surface area contributed by atoms with E-state index in [1.807, 2.05) is 0 Å². The third kappa shape index (κ3) is 3.37. The number of rotatable bonds is 4. The van der Waals surface area contributed by atoms with Crippen LogP contribution in [0.25, 0.3) is 0 Å². The topological polar surface area (TPSA) is 66.6 Å². The molecule has 1 aromatic carbocycles. The number of halogens is 3. The van der Waals surface area contributed by atoms with E-state index in [2.05, 4.69) is 0 Å². The molecule has 4 nitrogen and oxygen atoms in total. The highest BCUT2D eigenvalue weighted by atomic mass is 19.4. The van der Waals surface area contributed by atoms with Crippen molar-refractivity contribution in [2.24, 2.45) is 5.73 Å².